The van der Waals surface area contributed by atoms with E-state index in [1.807, 2.05) is 24.4 Å². The number of aryl methyl sites for hydroxylation is 1. The Bertz CT molecular complexity index is 1080. The third-order valence-corrected chi connectivity index (χ3v) is 5.77. The van der Waals surface area contributed by atoms with E-state index >= 15 is 0 Å². The second-order valence-corrected chi connectivity index (χ2v) is 7.70. The molecule has 0 bridgehead atoms. The van der Waals surface area contributed by atoms with Crippen LogP contribution in [0.3, 0.4) is 0 Å². The van der Waals surface area contributed by atoms with Crippen molar-refractivity contribution in [3.05, 3.63) is 68.2 Å². The maximum absolute atomic E-state index is 10.7. The molecule has 0 saturated heterocycles. The number of nitrogens with zero attached hydrogens (tertiary/aromatic N) is 3. The smallest absolute Gasteiger partial charge is 0.210 e. The molecule has 4 nitrogen and oxygen atoms in total. The first kappa shape index (κ1) is 16.9. The second-order valence-electron chi connectivity index (χ2n) is 6.03. The molecule has 0 unspecified atom stereocenters. The number of benzene rings is 1. The van der Waals surface area contributed by atoms with Crippen LogP contribution < -0.4 is 0 Å². The second kappa shape index (κ2) is 6.97. The average Bonchev–Trinajstić information content (AvgIpc) is 3.19. The largest absolute Gasteiger partial charge is 0.493 e. The topological polar surface area (TPSA) is 50.4 Å². The molecule has 0 fully saturated rings. The number of para-hydroxylation sites is 1. The summed E-state index contributed by atoms with van der Waals surface area (Å²) in [5.41, 5.74) is 5.35. The Morgan fingerprint density at radius 3 is 2.92 bits per heavy atom. The van der Waals surface area contributed by atoms with Gasteiger partial charge < -0.3 is 5.11 Å². The maximum atomic E-state index is 10.7. The monoisotopic (exact) mass is 379 g/mol. The highest BCUT2D eigenvalue weighted by Gasteiger charge is 2.17. The van der Waals surface area contributed by atoms with Gasteiger partial charge in [-0.2, -0.15) is 0 Å². The van der Waals surface area contributed by atoms with E-state index in [1.54, 1.807) is 17.0 Å². The third-order valence-electron chi connectivity index (χ3n) is 4.39. The minimum absolute atomic E-state index is 0.185. The molecule has 3 heterocycles. The van der Waals surface area contributed by atoms with Crippen molar-refractivity contribution < 1.29 is 5.11 Å². The molecule has 1 aromatic carbocycles. The number of allylic oxidation sites excluding steroid dienone is 1. The molecular weight excluding hydrogens is 362 g/mol. The number of aliphatic imine (C=N–C) groups is 1. The van der Waals surface area contributed by atoms with E-state index in [0.717, 1.165) is 33.7 Å². The van der Waals surface area contributed by atoms with Crippen LogP contribution in [0.15, 0.2) is 47.7 Å². The fourth-order valence-electron chi connectivity index (χ4n) is 3.04. The highest BCUT2D eigenvalue weighted by molar-refractivity contribution is 7.73. The number of hydrogen-bond donors (Lipinski definition) is 1. The minimum atomic E-state index is 0.185. The quantitative estimate of drug-likeness (QED) is 0.630. The summed E-state index contributed by atoms with van der Waals surface area (Å²) in [7, 11) is 0. The maximum Gasteiger partial charge on any atom is 0.210 e. The molecule has 2 aromatic heterocycles. The van der Waals surface area contributed by atoms with Crippen LogP contribution in [0.5, 0.6) is 5.88 Å². The van der Waals surface area contributed by atoms with Crippen LogP contribution in [0.25, 0.3) is 11.6 Å². The lowest BCUT2D eigenvalue weighted by Gasteiger charge is -2.05. The Morgan fingerprint density at radius 2 is 2.15 bits per heavy atom. The molecule has 4 rings (SSSR count). The lowest BCUT2D eigenvalue weighted by atomic mass is 10.0. The summed E-state index contributed by atoms with van der Waals surface area (Å²) in [6, 6.07) is 10.1. The van der Waals surface area contributed by atoms with E-state index in [0.29, 0.717) is 10.5 Å². The predicted molar refractivity (Wildman–Crippen MR) is 110 cm³/mol. The first-order valence-electron chi connectivity index (χ1n) is 8.37. The van der Waals surface area contributed by atoms with Crippen LogP contribution in [0, 0.1) is 3.95 Å². The standard InChI is InChI=1S/C20H17N3OS2/c1-2-14-6-3-7-16-15(11-22-18(14)16)9-17-19(24)23(20(25)26-17)12-13-5-4-8-21-10-13/h3-11,24H,2,12H2,1H3. The Kier molecular flexibility index (Phi) is 4.53. The van der Waals surface area contributed by atoms with E-state index in [-0.39, 0.29) is 5.88 Å². The normalized spacial score (nSPS) is 14.1. The Balaban J connectivity index is 1.72. The number of hydrogen-bond acceptors (Lipinski definition) is 5. The van der Waals surface area contributed by atoms with Crippen LogP contribution in [0.1, 0.15) is 28.5 Å². The molecule has 0 aliphatic carbocycles. The Hall–Kier alpha value is -2.57. The van der Waals surface area contributed by atoms with Gasteiger partial charge in [0.05, 0.1) is 17.1 Å². The number of rotatable bonds is 4. The van der Waals surface area contributed by atoms with E-state index in [2.05, 4.69) is 35.1 Å². The first-order valence-corrected chi connectivity index (χ1v) is 9.59. The zero-order valence-corrected chi connectivity index (χ0v) is 15.8. The van der Waals surface area contributed by atoms with Crippen LogP contribution in [0.4, 0.5) is 5.69 Å². The molecule has 26 heavy (non-hydrogen) atoms. The van der Waals surface area contributed by atoms with Crippen molar-refractivity contribution in [1.82, 2.24) is 9.55 Å². The molecule has 0 atom stereocenters. The summed E-state index contributed by atoms with van der Waals surface area (Å²) in [4.78, 5) is 9.42. The molecular formula is C20H17N3OS2. The van der Waals surface area contributed by atoms with Crippen LogP contribution in [-0.4, -0.2) is 20.9 Å². The van der Waals surface area contributed by atoms with Crippen molar-refractivity contribution in [1.29, 1.82) is 0 Å². The third kappa shape index (κ3) is 3.02. The minimum Gasteiger partial charge on any atom is -0.493 e. The lowest BCUT2D eigenvalue weighted by molar-refractivity contribution is 0.422. The van der Waals surface area contributed by atoms with Gasteiger partial charge in [-0.05, 0) is 41.9 Å². The summed E-state index contributed by atoms with van der Waals surface area (Å²) in [5.74, 6) is 0.185. The molecule has 0 saturated carbocycles. The molecule has 0 radical (unpaired) electrons. The summed E-state index contributed by atoms with van der Waals surface area (Å²) >= 11 is 6.86. The Morgan fingerprint density at radius 1 is 1.27 bits per heavy atom. The van der Waals surface area contributed by atoms with Crippen molar-refractivity contribution >= 4 is 47.1 Å². The first-order chi connectivity index (χ1) is 12.7. The van der Waals surface area contributed by atoms with Gasteiger partial charge in [0.15, 0.2) is 3.95 Å². The number of aromatic hydroxyl groups is 1. The molecule has 1 N–H and O–H groups in total. The summed E-state index contributed by atoms with van der Waals surface area (Å²) in [6.45, 7) is 2.63. The van der Waals surface area contributed by atoms with E-state index in [4.69, 9.17) is 12.2 Å². The number of aromatic nitrogens is 2. The molecule has 0 spiro atoms. The van der Waals surface area contributed by atoms with Gasteiger partial charge in [0.1, 0.15) is 0 Å². The SMILES string of the molecule is CCc1cccc2c1N=CC2=Cc1sc(=S)n(Cc2cccnc2)c1O. The van der Waals surface area contributed by atoms with Gasteiger partial charge in [-0.25, -0.2) is 0 Å². The van der Waals surface area contributed by atoms with Crippen molar-refractivity contribution in [3.63, 3.8) is 0 Å². The molecule has 0 amide bonds. The lowest BCUT2D eigenvalue weighted by Crippen LogP contribution is -1.99. The van der Waals surface area contributed by atoms with E-state index < -0.39 is 0 Å². The zero-order chi connectivity index (χ0) is 18.1. The van der Waals surface area contributed by atoms with Crippen molar-refractivity contribution in [3.8, 4) is 5.88 Å². The average molecular weight is 380 g/mol. The van der Waals surface area contributed by atoms with Gasteiger partial charge in [0, 0.05) is 29.7 Å². The van der Waals surface area contributed by atoms with Crippen LogP contribution >= 0.6 is 23.6 Å². The molecule has 130 valence electrons. The number of fused-ring (bicyclic) bond motifs is 1. The van der Waals surface area contributed by atoms with Crippen LogP contribution in [-0.2, 0) is 13.0 Å². The van der Waals surface area contributed by atoms with Crippen LogP contribution in [0.2, 0.25) is 0 Å². The molecule has 3 aromatic rings. The van der Waals surface area contributed by atoms with Crippen molar-refractivity contribution in [2.75, 3.05) is 0 Å². The number of thiazole rings is 1. The van der Waals surface area contributed by atoms with Gasteiger partial charge in [0.25, 0.3) is 0 Å². The van der Waals surface area contributed by atoms with Crippen molar-refractivity contribution in [2.45, 2.75) is 19.9 Å². The van der Waals surface area contributed by atoms with E-state index in [1.165, 1.54) is 16.9 Å². The van der Waals surface area contributed by atoms with Gasteiger partial charge in [-0.15, -0.1) is 11.3 Å². The highest BCUT2D eigenvalue weighted by Crippen LogP contribution is 2.38. The van der Waals surface area contributed by atoms with Gasteiger partial charge in [-0.3, -0.25) is 14.5 Å². The fourth-order valence-corrected chi connectivity index (χ4v) is 4.30. The molecule has 1 aliphatic heterocycles. The van der Waals surface area contributed by atoms with E-state index in [9.17, 15) is 5.11 Å². The van der Waals surface area contributed by atoms with Gasteiger partial charge in [-0.1, -0.05) is 31.2 Å². The Labute approximate surface area is 160 Å². The zero-order valence-electron chi connectivity index (χ0n) is 14.2. The highest BCUT2D eigenvalue weighted by atomic mass is 32.1. The van der Waals surface area contributed by atoms with Gasteiger partial charge >= 0.3 is 0 Å². The molecule has 6 heteroatoms. The predicted octanol–water partition coefficient (Wildman–Crippen LogP) is 5.25. The van der Waals surface area contributed by atoms with Crippen molar-refractivity contribution in [2.24, 2.45) is 4.99 Å². The summed E-state index contributed by atoms with van der Waals surface area (Å²) < 4.78 is 2.37. The molecule has 1 aliphatic rings. The number of pyridine rings is 1. The summed E-state index contributed by atoms with van der Waals surface area (Å²) in [5, 5.41) is 10.7. The summed E-state index contributed by atoms with van der Waals surface area (Å²) in [6.07, 6.45) is 8.28. The fraction of sp³-hybridized carbons (Fsp3) is 0.150. The van der Waals surface area contributed by atoms with Gasteiger partial charge in [0.2, 0.25) is 5.88 Å².